The van der Waals surface area contributed by atoms with E-state index in [-0.39, 0.29) is 17.4 Å². The molecular formula is C19H29FN2O2. The third-order valence-electron chi connectivity index (χ3n) is 4.53. The lowest BCUT2D eigenvalue weighted by Crippen LogP contribution is -2.53. The summed E-state index contributed by atoms with van der Waals surface area (Å²) in [7, 11) is 0. The first-order valence-electron chi connectivity index (χ1n) is 8.56. The molecule has 1 aliphatic rings. The van der Waals surface area contributed by atoms with Crippen molar-refractivity contribution >= 4 is 6.09 Å². The summed E-state index contributed by atoms with van der Waals surface area (Å²) in [6.07, 6.45) is 1.50. The predicted octanol–water partition coefficient (Wildman–Crippen LogP) is 4.01. The number of amides is 1. The van der Waals surface area contributed by atoms with Crippen LogP contribution in [0.3, 0.4) is 0 Å². The van der Waals surface area contributed by atoms with Crippen molar-refractivity contribution in [1.29, 1.82) is 0 Å². The molecule has 134 valence electrons. The number of benzene rings is 1. The van der Waals surface area contributed by atoms with Crippen molar-refractivity contribution in [3.05, 3.63) is 35.1 Å². The molecule has 24 heavy (non-hydrogen) atoms. The van der Waals surface area contributed by atoms with Crippen molar-refractivity contribution in [2.45, 2.75) is 65.1 Å². The number of carbonyl (C=O) groups excluding carboxylic acids is 1. The first kappa shape index (κ1) is 18.7. The molecule has 1 saturated heterocycles. The number of hydrogen-bond donors (Lipinski definition) is 1. The molecule has 1 fully saturated rings. The fourth-order valence-electron chi connectivity index (χ4n) is 2.85. The van der Waals surface area contributed by atoms with Crippen LogP contribution >= 0.6 is 0 Å². The highest BCUT2D eigenvalue weighted by Crippen LogP contribution is 2.24. The van der Waals surface area contributed by atoms with Crippen LogP contribution in [0.5, 0.6) is 0 Å². The molecule has 1 aromatic carbocycles. The van der Waals surface area contributed by atoms with Gasteiger partial charge in [0.15, 0.2) is 0 Å². The Morgan fingerprint density at radius 2 is 1.96 bits per heavy atom. The lowest BCUT2D eigenvalue weighted by Gasteiger charge is -2.40. The number of piperidine rings is 1. The standard InChI is InChI=1S/C19H29FN2O2/c1-14-12-16(20)7-6-15(14)13-21-19(5)8-10-22(11-9-19)17(23)24-18(2,3)4/h6-7,12,21H,8-11,13H2,1-5H3. The maximum Gasteiger partial charge on any atom is 0.410 e. The van der Waals surface area contributed by atoms with Gasteiger partial charge in [-0.05, 0) is 70.7 Å². The van der Waals surface area contributed by atoms with E-state index < -0.39 is 5.60 Å². The largest absolute Gasteiger partial charge is 0.444 e. The van der Waals surface area contributed by atoms with E-state index in [1.165, 1.54) is 6.07 Å². The third-order valence-corrected chi connectivity index (χ3v) is 4.53. The molecule has 1 heterocycles. The van der Waals surface area contributed by atoms with Crippen molar-refractivity contribution in [2.24, 2.45) is 0 Å². The van der Waals surface area contributed by atoms with Gasteiger partial charge in [-0.3, -0.25) is 0 Å². The lowest BCUT2D eigenvalue weighted by atomic mass is 9.89. The molecule has 1 aromatic rings. The van der Waals surface area contributed by atoms with Gasteiger partial charge in [0, 0.05) is 25.2 Å². The first-order chi connectivity index (χ1) is 11.1. The smallest absolute Gasteiger partial charge is 0.410 e. The fraction of sp³-hybridized carbons (Fsp3) is 0.632. The second-order valence-corrected chi connectivity index (χ2v) is 7.95. The molecule has 0 unspecified atom stereocenters. The van der Waals surface area contributed by atoms with Crippen LogP contribution in [-0.2, 0) is 11.3 Å². The summed E-state index contributed by atoms with van der Waals surface area (Å²) >= 11 is 0. The van der Waals surface area contributed by atoms with Crippen molar-refractivity contribution < 1.29 is 13.9 Å². The molecule has 1 N–H and O–H groups in total. The van der Waals surface area contributed by atoms with E-state index in [9.17, 15) is 9.18 Å². The monoisotopic (exact) mass is 336 g/mol. The summed E-state index contributed by atoms with van der Waals surface area (Å²) in [6, 6.07) is 4.89. The number of rotatable bonds is 3. The van der Waals surface area contributed by atoms with Crippen LogP contribution in [0.25, 0.3) is 0 Å². The average Bonchev–Trinajstić information content (AvgIpc) is 2.45. The Hall–Kier alpha value is -1.62. The van der Waals surface area contributed by atoms with Crippen LogP contribution in [0.4, 0.5) is 9.18 Å². The summed E-state index contributed by atoms with van der Waals surface area (Å²) in [5.41, 5.74) is 1.57. The fourth-order valence-corrected chi connectivity index (χ4v) is 2.85. The minimum absolute atomic E-state index is 0.0284. The normalized spacial score (nSPS) is 17.7. The van der Waals surface area contributed by atoms with Crippen LogP contribution in [0, 0.1) is 12.7 Å². The van der Waals surface area contributed by atoms with Crippen LogP contribution in [0.2, 0.25) is 0 Å². The Kier molecular flexibility index (Phi) is 5.53. The highest BCUT2D eigenvalue weighted by molar-refractivity contribution is 5.68. The van der Waals surface area contributed by atoms with Crippen LogP contribution in [0.15, 0.2) is 18.2 Å². The average molecular weight is 336 g/mol. The van der Waals surface area contributed by atoms with Gasteiger partial charge in [-0.2, -0.15) is 0 Å². The van der Waals surface area contributed by atoms with Gasteiger partial charge in [0.25, 0.3) is 0 Å². The Bertz CT molecular complexity index is 588. The predicted molar refractivity (Wildman–Crippen MR) is 93.4 cm³/mol. The topological polar surface area (TPSA) is 41.6 Å². The van der Waals surface area contributed by atoms with Crippen molar-refractivity contribution in [3.8, 4) is 0 Å². The summed E-state index contributed by atoms with van der Waals surface area (Å²) in [5, 5.41) is 3.58. The number of halogens is 1. The number of likely N-dealkylation sites (tertiary alicyclic amines) is 1. The minimum Gasteiger partial charge on any atom is -0.444 e. The van der Waals surface area contributed by atoms with E-state index in [0.29, 0.717) is 19.6 Å². The zero-order valence-electron chi connectivity index (χ0n) is 15.4. The van der Waals surface area contributed by atoms with Crippen LogP contribution < -0.4 is 5.32 Å². The zero-order chi connectivity index (χ0) is 18.0. The van der Waals surface area contributed by atoms with Crippen LogP contribution in [-0.4, -0.2) is 35.2 Å². The molecule has 1 aliphatic heterocycles. The minimum atomic E-state index is -0.462. The second kappa shape index (κ2) is 7.09. The van der Waals surface area contributed by atoms with Gasteiger partial charge in [-0.1, -0.05) is 6.07 Å². The van der Waals surface area contributed by atoms with Crippen molar-refractivity contribution in [3.63, 3.8) is 0 Å². The molecule has 2 rings (SSSR count). The van der Waals surface area contributed by atoms with Gasteiger partial charge < -0.3 is 15.0 Å². The molecule has 1 amide bonds. The summed E-state index contributed by atoms with van der Waals surface area (Å²) in [4.78, 5) is 13.9. The maximum absolute atomic E-state index is 13.2. The van der Waals surface area contributed by atoms with Gasteiger partial charge in [0.2, 0.25) is 0 Å². The molecular weight excluding hydrogens is 307 g/mol. The quantitative estimate of drug-likeness (QED) is 0.907. The number of aryl methyl sites for hydroxylation is 1. The molecule has 5 heteroatoms. The Labute approximate surface area is 144 Å². The number of carbonyl (C=O) groups is 1. The molecule has 0 aromatic heterocycles. The van der Waals surface area contributed by atoms with Gasteiger partial charge in [-0.15, -0.1) is 0 Å². The summed E-state index contributed by atoms with van der Waals surface area (Å²) in [6.45, 7) is 11.8. The van der Waals surface area contributed by atoms with E-state index in [4.69, 9.17) is 4.74 Å². The van der Waals surface area contributed by atoms with Crippen LogP contribution in [0.1, 0.15) is 51.7 Å². The first-order valence-corrected chi connectivity index (χ1v) is 8.56. The summed E-state index contributed by atoms with van der Waals surface area (Å²) in [5.74, 6) is -0.201. The maximum atomic E-state index is 13.2. The third kappa shape index (κ3) is 5.20. The lowest BCUT2D eigenvalue weighted by molar-refractivity contribution is 0.0156. The molecule has 0 aliphatic carbocycles. The number of hydrogen-bond acceptors (Lipinski definition) is 3. The molecule has 0 radical (unpaired) electrons. The molecule has 0 bridgehead atoms. The summed E-state index contributed by atoms with van der Waals surface area (Å²) < 4.78 is 18.6. The highest BCUT2D eigenvalue weighted by Gasteiger charge is 2.33. The number of ether oxygens (including phenoxy) is 1. The highest BCUT2D eigenvalue weighted by atomic mass is 19.1. The van der Waals surface area contributed by atoms with Gasteiger partial charge in [0.05, 0.1) is 0 Å². The Balaban J connectivity index is 1.87. The van der Waals surface area contributed by atoms with E-state index >= 15 is 0 Å². The Morgan fingerprint density at radius 1 is 1.33 bits per heavy atom. The number of nitrogens with one attached hydrogen (secondary N) is 1. The molecule has 4 nitrogen and oxygen atoms in total. The second-order valence-electron chi connectivity index (χ2n) is 7.95. The molecule has 0 saturated carbocycles. The van der Waals surface area contributed by atoms with Gasteiger partial charge >= 0.3 is 6.09 Å². The van der Waals surface area contributed by atoms with E-state index in [0.717, 1.165) is 24.0 Å². The molecule has 0 atom stereocenters. The van der Waals surface area contributed by atoms with E-state index in [2.05, 4.69) is 12.2 Å². The van der Waals surface area contributed by atoms with Gasteiger partial charge in [-0.25, -0.2) is 9.18 Å². The van der Waals surface area contributed by atoms with E-state index in [1.807, 2.05) is 33.8 Å². The Morgan fingerprint density at radius 3 is 2.50 bits per heavy atom. The SMILES string of the molecule is Cc1cc(F)ccc1CNC1(C)CCN(C(=O)OC(C)(C)C)CC1. The van der Waals surface area contributed by atoms with Gasteiger partial charge in [0.1, 0.15) is 11.4 Å². The number of nitrogens with zero attached hydrogens (tertiary/aromatic N) is 1. The molecule has 0 spiro atoms. The van der Waals surface area contributed by atoms with Crippen molar-refractivity contribution in [2.75, 3.05) is 13.1 Å². The zero-order valence-corrected chi connectivity index (χ0v) is 15.4. The van der Waals surface area contributed by atoms with Crippen molar-refractivity contribution in [1.82, 2.24) is 10.2 Å². The van der Waals surface area contributed by atoms with E-state index in [1.54, 1.807) is 11.0 Å².